The van der Waals surface area contributed by atoms with Crippen molar-refractivity contribution in [3.05, 3.63) is 116 Å². The van der Waals surface area contributed by atoms with Crippen molar-refractivity contribution >= 4 is 43.6 Å². The average Bonchev–Trinajstić information content (AvgIpc) is 2.88. The molecule has 1 aliphatic carbocycles. The predicted molar refractivity (Wildman–Crippen MR) is 139 cm³/mol. The Kier molecular flexibility index (Phi) is 7.54. The van der Waals surface area contributed by atoms with Gasteiger partial charge >= 0.3 is 5.97 Å². The molecule has 1 N–H and O–H groups in total. The summed E-state index contributed by atoms with van der Waals surface area (Å²) in [6.45, 7) is 0.0196. The third-order valence-corrected chi connectivity index (χ3v) is 7.24. The zero-order chi connectivity index (χ0) is 25.0. The Morgan fingerprint density at radius 2 is 1.71 bits per heavy atom. The van der Waals surface area contributed by atoms with Gasteiger partial charge < -0.3 is 9.84 Å². The Morgan fingerprint density at radius 3 is 2.37 bits per heavy atom. The molecule has 2 atom stereocenters. The molecule has 0 heterocycles. The third kappa shape index (κ3) is 5.24. The van der Waals surface area contributed by atoms with Crippen LogP contribution in [0.1, 0.15) is 40.2 Å². The van der Waals surface area contributed by atoms with Gasteiger partial charge in [-0.15, -0.1) is 0 Å². The van der Waals surface area contributed by atoms with Crippen LogP contribution in [0.4, 0.5) is 0 Å². The second kappa shape index (κ2) is 10.6. The van der Waals surface area contributed by atoms with Crippen molar-refractivity contribution in [3.63, 3.8) is 0 Å². The first-order valence-electron chi connectivity index (χ1n) is 10.9. The number of hydrogen-bond acceptors (Lipinski definition) is 5. The van der Waals surface area contributed by atoms with Gasteiger partial charge in [0.15, 0.2) is 5.78 Å². The van der Waals surface area contributed by atoms with Crippen LogP contribution >= 0.6 is 31.9 Å². The number of nitrogens with zero attached hydrogens (tertiary/aromatic N) is 1. The molecule has 0 bridgehead atoms. The lowest BCUT2D eigenvalue weighted by molar-refractivity contribution is -0.141. The van der Waals surface area contributed by atoms with Gasteiger partial charge in [-0.3, -0.25) is 4.79 Å². The average molecular weight is 595 g/mol. The van der Waals surface area contributed by atoms with E-state index in [9.17, 15) is 20.0 Å². The lowest BCUT2D eigenvalue weighted by Crippen LogP contribution is -2.41. The van der Waals surface area contributed by atoms with Crippen LogP contribution in [0, 0.1) is 16.7 Å². The van der Waals surface area contributed by atoms with Gasteiger partial charge in [0.25, 0.3) is 0 Å². The minimum atomic E-state index is -1.61. The highest BCUT2D eigenvalue weighted by Gasteiger charge is 2.52. The fraction of sp³-hybridized carbons (Fsp3) is 0.179. The topological polar surface area (TPSA) is 87.4 Å². The molecule has 176 valence electrons. The number of Topliss-reactive ketones (excluding diaryl/α,β-unsaturated/α-hetero) is 1. The second-order valence-corrected chi connectivity index (χ2v) is 10.2. The minimum Gasteiger partial charge on any atom is -0.512 e. The summed E-state index contributed by atoms with van der Waals surface area (Å²) in [5.41, 5.74) is 0.213. The maximum absolute atomic E-state index is 13.9. The van der Waals surface area contributed by atoms with Gasteiger partial charge in [-0.2, -0.15) is 5.26 Å². The Hall–Kier alpha value is -3.21. The maximum atomic E-state index is 13.9. The number of benzene rings is 3. The number of rotatable bonds is 6. The molecule has 0 saturated heterocycles. The van der Waals surface area contributed by atoms with E-state index in [0.29, 0.717) is 10.0 Å². The first kappa shape index (κ1) is 24.9. The van der Waals surface area contributed by atoms with Gasteiger partial charge in [0.2, 0.25) is 0 Å². The van der Waals surface area contributed by atoms with Crippen molar-refractivity contribution in [3.8, 4) is 6.07 Å². The van der Waals surface area contributed by atoms with Crippen molar-refractivity contribution in [2.45, 2.75) is 25.4 Å². The van der Waals surface area contributed by atoms with Gasteiger partial charge in [-0.25, -0.2) is 4.79 Å². The molecule has 5 nitrogen and oxygen atoms in total. The lowest BCUT2D eigenvalue weighted by Gasteiger charge is -2.38. The summed E-state index contributed by atoms with van der Waals surface area (Å²) in [5.74, 6) is -1.96. The van der Waals surface area contributed by atoms with E-state index in [1.54, 1.807) is 24.3 Å². The molecule has 0 amide bonds. The lowest BCUT2D eigenvalue weighted by atomic mass is 9.61. The normalized spacial score (nSPS) is 19.6. The van der Waals surface area contributed by atoms with E-state index in [1.165, 1.54) is 0 Å². The van der Waals surface area contributed by atoms with Crippen molar-refractivity contribution in [2.75, 3.05) is 0 Å². The number of aliphatic hydroxyl groups is 1. The van der Waals surface area contributed by atoms with Crippen molar-refractivity contribution < 1.29 is 19.4 Å². The molecule has 0 spiro atoms. The Bertz CT molecular complexity index is 1330. The number of halogens is 2. The summed E-state index contributed by atoms with van der Waals surface area (Å²) in [7, 11) is 0. The van der Waals surface area contributed by atoms with E-state index in [2.05, 4.69) is 37.9 Å². The number of nitriles is 1. The summed E-state index contributed by atoms with van der Waals surface area (Å²) in [5, 5.41) is 21.4. The van der Waals surface area contributed by atoms with Crippen LogP contribution in [0.3, 0.4) is 0 Å². The van der Waals surface area contributed by atoms with Crippen LogP contribution in [-0.2, 0) is 16.1 Å². The van der Waals surface area contributed by atoms with E-state index in [1.807, 2.05) is 54.6 Å². The molecule has 0 aliphatic heterocycles. The summed E-state index contributed by atoms with van der Waals surface area (Å²) in [6, 6.07) is 25.5. The molecule has 0 unspecified atom stereocenters. The standard InChI is InChI=1S/C28H21Br2NO4/c29-21-11-9-19(10-12-21)24-14-25(32)23(27(34)35-16-18-5-2-1-3-6-18)15-28(24,17-31)26(33)20-7-4-8-22(30)13-20/h1-13,24,32H,14-16H2/t24-,28-/m0/s1. The predicted octanol–water partition coefficient (Wildman–Crippen LogP) is 7.04. The molecule has 4 rings (SSSR count). The van der Waals surface area contributed by atoms with Gasteiger partial charge in [-0.1, -0.05) is 86.5 Å². The molecule has 3 aromatic carbocycles. The first-order valence-corrected chi connectivity index (χ1v) is 12.5. The zero-order valence-corrected chi connectivity index (χ0v) is 21.8. The van der Waals surface area contributed by atoms with Gasteiger partial charge in [-0.05, 0) is 35.4 Å². The number of aliphatic hydroxyl groups excluding tert-OH is 1. The molecule has 35 heavy (non-hydrogen) atoms. The van der Waals surface area contributed by atoms with Gasteiger partial charge in [0.1, 0.15) is 17.8 Å². The summed E-state index contributed by atoms with van der Waals surface area (Å²) < 4.78 is 7.00. The zero-order valence-electron chi connectivity index (χ0n) is 18.6. The first-order chi connectivity index (χ1) is 16.8. The molecule has 3 aromatic rings. The third-order valence-electron chi connectivity index (χ3n) is 6.22. The number of carbonyl (C=O) groups is 2. The van der Waals surface area contributed by atoms with Crippen LogP contribution in [0.5, 0.6) is 0 Å². The van der Waals surface area contributed by atoms with Crippen molar-refractivity contribution in [1.82, 2.24) is 0 Å². The van der Waals surface area contributed by atoms with Gasteiger partial charge in [0.05, 0.1) is 11.6 Å². The summed E-state index contributed by atoms with van der Waals surface area (Å²) >= 11 is 6.79. The van der Waals surface area contributed by atoms with Crippen LogP contribution < -0.4 is 0 Å². The largest absolute Gasteiger partial charge is 0.512 e. The highest BCUT2D eigenvalue weighted by Crippen LogP contribution is 2.51. The fourth-order valence-corrected chi connectivity index (χ4v) is 5.05. The number of carbonyl (C=O) groups excluding carboxylic acids is 2. The quantitative estimate of drug-likeness (QED) is 0.244. The highest BCUT2D eigenvalue weighted by molar-refractivity contribution is 9.10. The number of ether oxygens (including phenoxy) is 1. The SMILES string of the molecule is N#C[C@@]1(C(=O)c2cccc(Br)c2)CC(C(=O)OCc2ccccc2)=C(O)C[C@H]1c1ccc(Br)cc1. The molecule has 0 radical (unpaired) electrons. The van der Waals surface area contributed by atoms with E-state index >= 15 is 0 Å². The number of allylic oxidation sites excluding steroid dienone is 1. The molecular formula is C28H21Br2NO4. The minimum absolute atomic E-state index is 0.0196. The van der Waals surface area contributed by atoms with E-state index < -0.39 is 23.1 Å². The Balaban J connectivity index is 1.74. The number of ketones is 1. The second-order valence-electron chi connectivity index (χ2n) is 8.39. The van der Waals surface area contributed by atoms with Crippen LogP contribution in [0.2, 0.25) is 0 Å². The Morgan fingerprint density at radius 1 is 1.00 bits per heavy atom. The highest BCUT2D eigenvalue weighted by atomic mass is 79.9. The molecule has 0 aromatic heterocycles. The van der Waals surface area contributed by atoms with E-state index in [-0.39, 0.29) is 30.8 Å². The summed E-state index contributed by atoms with van der Waals surface area (Å²) in [4.78, 5) is 26.9. The maximum Gasteiger partial charge on any atom is 0.337 e. The number of hydrogen-bond donors (Lipinski definition) is 1. The molecule has 7 heteroatoms. The molecule has 1 aliphatic rings. The fourth-order valence-electron chi connectivity index (χ4n) is 4.39. The van der Waals surface area contributed by atoms with Crippen molar-refractivity contribution in [1.29, 1.82) is 5.26 Å². The molecular weight excluding hydrogens is 574 g/mol. The van der Waals surface area contributed by atoms with Crippen molar-refractivity contribution in [2.24, 2.45) is 5.41 Å². The van der Waals surface area contributed by atoms with E-state index in [4.69, 9.17) is 4.74 Å². The Labute approximate surface area is 220 Å². The van der Waals surface area contributed by atoms with Crippen LogP contribution in [-0.4, -0.2) is 16.9 Å². The summed E-state index contributed by atoms with van der Waals surface area (Å²) in [6.07, 6.45) is -0.292. The van der Waals surface area contributed by atoms with E-state index in [0.717, 1.165) is 15.6 Å². The molecule has 0 saturated carbocycles. The van der Waals surface area contributed by atoms with Gasteiger partial charge in [0, 0.05) is 33.3 Å². The van der Waals surface area contributed by atoms with Crippen LogP contribution in [0.25, 0.3) is 0 Å². The smallest absolute Gasteiger partial charge is 0.337 e. The van der Waals surface area contributed by atoms with Crippen LogP contribution in [0.15, 0.2) is 99.1 Å². The monoisotopic (exact) mass is 593 g/mol. The number of esters is 1. The molecule has 0 fully saturated rings.